The van der Waals surface area contributed by atoms with Gasteiger partial charge in [0, 0.05) is 6.54 Å². The first-order valence-electron chi connectivity index (χ1n) is 3.34. The summed E-state index contributed by atoms with van der Waals surface area (Å²) < 4.78 is 0. The molecule has 0 aliphatic heterocycles. The highest BCUT2D eigenvalue weighted by Gasteiger charge is 2.19. The summed E-state index contributed by atoms with van der Waals surface area (Å²) in [7, 11) is 0. The summed E-state index contributed by atoms with van der Waals surface area (Å²) in [6, 6.07) is 0. The summed E-state index contributed by atoms with van der Waals surface area (Å²) in [4.78, 5) is 3.88. The predicted octanol–water partition coefficient (Wildman–Crippen LogP) is 0.0599. The van der Waals surface area contributed by atoms with E-state index in [1.165, 1.54) is 12.8 Å². The summed E-state index contributed by atoms with van der Waals surface area (Å²) in [6.07, 6.45) is 3.91. The lowest BCUT2D eigenvalue weighted by Crippen LogP contribution is -2.22. The molecule has 1 aliphatic carbocycles. The highest BCUT2D eigenvalue weighted by molar-refractivity contribution is 5.75. The minimum Gasteiger partial charge on any atom is -0.370 e. The molecule has 0 spiro atoms. The number of nitrogens with two attached hydrogens (primary N) is 2. The van der Waals surface area contributed by atoms with Crippen LogP contribution >= 0.6 is 0 Å². The van der Waals surface area contributed by atoms with Gasteiger partial charge < -0.3 is 11.5 Å². The molecule has 3 nitrogen and oxygen atoms in total. The molecule has 0 aromatic carbocycles. The number of guanidine groups is 1. The molecule has 3 heteroatoms. The van der Waals surface area contributed by atoms with Crippen LogP contribution in [-0.2, 0) is 0 Å². The molecule has 0 saturated heterocycles. The predicted molar refractivity (Wildman–Crippen MR) is 38.0 cm³/mol. The maximum absolute atomic E-state index is 5.13. The Kier molecular flexibility index (Phi) is 1.92. The molecule has 52 valence electrons. The van der Waals surface area contributed by atoms with Crippen LogP contribution in [0.3, 0.4) is 0 Å². The fourth-order valence-electron chi connectivity index (χ4n) is 0.783. The third kappa shape index (κ3) is 2.95. The first-order chi connectivity index (χ1) is 4.29. The summed E-state index contributed by atoms with van der Waals surface area (Å²) >= 11 is 0. The quantitative estimate of drug-likeness (QED) is 0.416. The van der Waals surface area contributed by atoms with Crippen molar-refractivity contribution in [3.63, 3.8) is 0 Å². The van der Waals surface area contributed by atoms with Gasteiger partial charge >= 0.3 is 0 Å². The molecule has 1 saturated carbocycles. The highest BCUT2D eigenvalue weighted by atomic mass is 15.0. The number of hydrogen-bond acceptors (Lipinski definition) is 1. The van der Waals surface area contributed by atoms with Crippen molar-refractivity contribution in [1.29, 1.82) is 0 Å². The van der Waals surface area contributed by atoms with E-state index in [0.29, 0.717) is 0 Å². The van der Waals surface area contributed by atoms with E-state index in [4.69, 9.17) is 11.5 Å². The lowest BCUT2D eigenvalue weighted by atomic mass is 10.3. The molecule has 0 heterocycles. The van der Waals surface area contributed by atoms with Crippen LogP contribution in [0, 0.1) is 5.92 Å². The Labute approximate surface area is 55.1 Å². The van der Waals surface area contributed by atoms with Gasteiger partial charge in [-0.05, 0) is 12.3 Å². The zero-order valence-corrected chi connectivity index (χ0v) is 5.51. The van der Waals surface area contributed by atoms with Crippen LogP contribution in [-0.4, -0.2) is 12.5 Å². The van der Waals surface area contributed by atoms with Crippen LogP contribution < -0.4 is 11.5 Å². The van der Waals surface area contributed by atoms with E-state index in [2.05, 4.69) is 4.99 Å². The normalized spacial score (nSPS) is 17.3. The van der Waals surface area contributed by atoms with Gasteiger partial charge in [0.05, 0.1) is 0 Å². The zero-order chi connectivity index (χ0) is 6.69. The molecule has 4 N–H and O–H groups in total. The zero-order valence-electron chi connectivity index (χ0n) is 5.51. The first kappa shape index (κ1) is 6.39. The van der Waals surface area contributed by atoms with E-state index in [1.807, 2.05) is 0 Å². The average molecular weight is 127 g/mol. The Balaban J connectivity index is 1.97. The number of nitrogens with zero attached hydrogens (tertiary/aromatic N) is 1. The van der Waals surface area contributed by atoms with Gasteiger partial charge in [-0.25, -0.2) is 0 Å². The van der Waals surface area contributed by atoms with Crippen molar-refractivity contribution in [2.75, 3.05) is 6.54 Å². The fraction of sp³-hybridized carbons (Fsp3) is 0.833. The van der Waals surface area contributed by atoms with Crippen LogP contribution in [0.25, 0.3) is 0 Å². The van der Waals surface area contributed by atoms with E-state index < -0.39 is 0 Å². The maximum Gasteiger partial charge on any atom is 0.185 e. The minimum atomic E-state index is 0.218. The van der Waals surface area contributed by atoms with Gasteiger partial charge in [-0.3, -0.25) is 4.99 Å². The van der Waals surface area contributed by atoms with E-state index in [9.17, 15) is 0 Å². The molecule has 1 fully saturated rings. The van der Waals surface area contributed by atoms with Crippen molar-refractivity contribution in [2.45, 2.75) is 19.3 Å². The Morgan fingerprint density at radius 2 is 2.11 bits per heavy atom. The second-order valence-electron chi connectivity index (χ2n) is 2.54. The molecule has 0 aromatic heterocycles. The van der Waals surface area contributed by atoms with Crippen molar-refractivity contribution in [3.8, 4) is 0 Å². The van der Waals surface area contributed by atoms with Gasteiger partial charge in [-0.1, -0.05) is 12.8 Å². The largest absolute Gasteiger partial charge is 0.370 e. The fourth-order valence-corrected chi connectivity index (χ4v) is 0.783. The maximum atomic E-state index is 5.13. The van der Waals surface area contributed by atoms with Crippen molar-refractivity contribution in [3.05, 3.63) is 0 Å². The summed E-state index contributed by atoms with van der Waals surface area (Å²) in [6.45, 7) is 0.812. The van der Waals surface area contributed by atoms with Crippen molar-refractivity contribution < 1.29 is 0 Å². The summed E-state index contributed by atoms with van der Waals surface area (Å²) in [5.41, 5.74) is 10.3. The average Bonchev–Trinajstić information content (AvgIpc) is 2.48. The van der Waals surface area contributed by atoms with E-state index in [-0.39, 0.29) is 5.96 Å². The van der Waals surface area contributed by atoms with Gasteiger partial charge in [0.1, 0.15) is 0 Å². The number of hydrogen-bond donors (Lipinski definition) is 2. The Morgan fingerprint density at radius 1 is 1.44 bits per heavy atom. The topological polar surface area (TPSA) is 64.4 Å². The molecule has 0 aromatic rings. The molecule has 0 bridgehead atoms. The van der Waals surface area contributed by atoms with Crippen LogP contribution in [0.1, 0.15) is 19.3 Å². The van der Waals surface area contributed by atoms with Crippen molar-refractivity contribution in [1.82, 2.24) is 0 Å². The Morgan fingerprint density at radius 3 is 2.56 bits per heavy atom. The monoisotopic (exact) mass is 127 g/mol. The molecule has 9 heavy (non-hydrogen) atoms. The van der Waals surface area contributed by atoms with Gasteiger partial charge in [0.2, 0.25) is 0 Å². The molecular formula is C6H13N3. The number of aliphatic imine (C=N–C) groups is 1. The standard InChI is InChI=1S/C6H13N3/c7-6(8)9-4-3-5-1-2-5/h5H,1-4H2,(H4,7,8,9). The molecule has 0 amide bonds. The van der Waals surface area contributed by atoms with Crippen molar-refractivity contribution >= 4 is 5.96 Å². The van der Waals surface area contributed by atoms with Gasteiger partial charge in [-0.15, -0.1) is 0 Å². The second kappa shape index (κ2) is 2.71. The highest BCUT2D eigenvalue weighted by Crippen LogP contribution is 2.31. The molecule has 1 aliphatic rings. The summed E-state index contributed by atoms with van der Waals surface area (Å²) in [5.74, 6) is 1.14. The third-order valence-electron chi connectivity index (χ3n) is 1.53. The molecule has 0 unspecified atom stereocenters. The lowest BCUT2D eigenvalue weighted by Gasteiger charge is -1.91. The number of rotatable bonds is 3. The Bertz CT molecular complexity index is 111. The van der Waals surface area contributed by atoms with E-state index in [0.717, 1.165) is 18.9 Å². The smallest absolute Gasteiger partial charge is 0.185 e. The third-order valence-corrected chi connectivity index (χ3v) is 1.53. The van der Waals surface area contributed by atoms with Crippen LogP contribution in [0.5, 0.6) is 0 Å². The van der Waals surface area contributed by atoms with Gasteiger partial charge in [0.25, 0.3) is 0 Å². The van der Waals surface area contributed by atoms with E-state index >= 15 is 0 Å². The summed E-state index contributed by atoms with van der Waals surface area (Å²) in [5, 5.41) is 0. The molecule has 1 rings (SSSR count). The molecule has 0 atom stereocenters. The lowest BCUT2D eigenvalue weighted by molar-refractivity contribution is 0.739. The van der Waals surface area contributed by atoms with Crippen LogP contribution in [0.2, 0.25) is 0 Å². The van der Waals surface area contributed by atoms with Crippen LogP contribution in [0.15, 0.2) is 4.99 Å². The SMILES string of the molecule is NC(N)=NCCC1CC1. The van der Waals surface area contributed by atoms with E-state index in [1.54, 1.807) is 0 Å². The van der Waals surface area contributed by atoms with Gasteiger partial charge in [0.15, 0.2) is 5.96 Å². The van der Waals surface area contributed by atoms with Crippen LogP contribution in [0.4, 0.5) is 0 Å². The van der Waals surface area contributed by atoms with Crippen molar-refractivity contribution in [2.24, 2.45) is 22.4 Å². The first-order valence-corrected chi connectivity index (χ1v) is 3.34. The Hall–Kier alpha value is -0.730. The second-order valence-corrected chi connectivity index (χ2v) is 2.54. The van der Waals surface area contributed by atoms with Gasteiger partial charge in [-0.2, -0.15) is 0 Å². The molecule has 0 radical (unpaired) electrons. The molecular weight excluding hydrogens is 114 g/mol. The minimum absolute atomic E-state index is 0.218.